The molecule has 0 spiro atoms. The number of aromatic nitrogens is 4. The molecule has 0 bridgehead atoms. The van der Waals surface area contributed by atoms with Gasteiger partial charge in [0.25, 0.3) is 0 Å². The van der Waals surface area contributed by atoms with Gasteiger partial charge in [-0.15, -0.1) is 5.10 Å². The van der Waals surface area contributed by atoms with Crippen LogP contribution in [0.25, 0.3) is 0 Å². The molecule has 1 aliphatic carbocycles. The number of ether oxygens (including phenoxy) is 1. The number of nitrogens with one attached hydrogen (secondary N) is 1. The third kappa shape index (κ3) is 3.78. The van der Waals surface area contributed by atoms with Gasteiger partial charge in [-0.3, -0.25) is 0 Å². The molecule has 2 heterocycles. The summed E-state index contributed by atoms with van der Waals surface area (Å²) in [4.78, 5) is 4.06. The number of methoxy groups -OCH3 is 1. The highest BCUT2D eigenvalue weighted by molar-refractivity contribution is 5.50. The standard InChI is InChI=1S/C20H30N6O/c1-3-19(20-21-22-23-26(20)16-7-4-5-8-16)25-13-11-24(12-14-25)17-9-6-10-18(15-17)27-2/h6,9-10,15-16,19H,3-5,7-8,11-14H2,1-2H3/p+1/t19-/m0/s1. The molecule has 2 aliphatic rings. The van der Waals surface area contributed by atoms with Crippen molar-refractivity contribution < 1.29 is 9.64 Å². The number of benzene rings is 1. The van der Waals surface area contributed by atoms with E-state index in [2.05, 4.69) is 50.2 Å². The van der Waals surface area contributed by atoms with Crippen molar-refractivity contribution in [3.63, 3.8) is 0 Å². The molecule has 1 atom stereocenters. The Morgan fingerprint density at radius 2 is 2.00 bits per heavy atom. The molecule has 1 saturated carbocycles. The maximum atomic E-state index is 5.38. The zero-order valence-electron chi connectivity index (χ0n) is 16.5. The number of anilines is 1. The van der Waals surface area contributed by atoms with Crippen molar-refractivity contribution >= 4 is 5.69 Å². The van der Waals surface area contributed by atoms with Crippen molar-refractivity contribution in [2.45, 2.75) is 51.1 Å². The minimum atomic E-state index is 0.382. The van der Waals surface area contributed by atoms with Crippen molar-refractivity contribution in [2.24, 2.45) is 0 Å². The lowest BCUT2D eigenvalue weighted by Gasteiger charge is -2.37. The zero-order chi connectivity index (χ0) is 18.6. The number of hydrogen-bond acceptors (Lipinski definition) is 5. The molecule has 1 aromatic heterocycles. The van der Waals surface area contributed by atoms with Crippen LogP contribution in [0.1, 0.15) is 56.9 Å². The molecule has 7 nitrogen and oxygen atoms in total. The molecule has 4 rings (SSSR count). The highest BCUT2D eigenvalue weighted by atomic mass is 16.5. The molecule has 2 aromatic rings. The van der Waals surface area contributed by atoms with Gasteiger partial charge in [0, 0.05) is 18.2 Å². The largest absolute Gasteiger partial charge is 0.497 e. The van der Waals surface area contributed by atoms with E-state index >= 15 is 0 Å². The maximum absolute atomic E-state index is 5.38. The van der Waals surface area contributed by atoms with E-state index in [4.69, 9.17) is 4.74 Å². The highest BCUT2D eigenvalue weighted by Gasteiger charge is 2.33. The van der Waals surface area contributed by atoms with E-state index in [9.17, 15) is 0 Å². The average Bonchev–Trinajstić information content (AvgIpc) is 3.41. The molecule has 1 N–H and O–H groups in total. The maximum Gasteiger partial charge on any atom is 0.209 e. The summed E-state index contributed by atoms with van der Waals surface area (Å²) in [5.41, 5.74) is 1.25. The van der Waals surface area contributed by atoms with Crippen LogP contribution in [-0.2, 0) is 0 Å². The van der Waals surface area contributed by atoms with Crippen LogP contribution in [-0.4, -0.2) is 53.5 Å². The smallest absolute Gasteiger partial charge is 0.209 e. The number of rotatable bonds is 6. The number of nitrogens with zero attached hydrogens (tertiary/aromatic N) is 5. The quantitative estimate of drug-likeness (QED) is 0.837. The molecule has 1 aliphatic heterocycles. The first kappa shape index (κ1) is 18.2. The molecule has 0 radical (unpaired) electrons. The van der Waals surface area contributed by atoms with Crippen molar-refractivity contribution in [1.82, 2.24) is 20.2 Å². The second-order valence-corrected chi connectivity index (χ2v) is 7.73. The van der Waals surface area contributed by atoms with Gasteiger partial charge in [0.05, 0.1) is 39.3 Å². The number of quaternary nitrogens is 1. The molecule has 7 heteroatoms. The van der Waals surface area contributed by atoms with E-state index in [0.29, 0.717) is 12.1 Å². The van der Waals surface area contributed by atoms with Crippen molar-refractivity contribution in [3.05, 3.63) is 30.1 Å². The van der Waals surface area contributed by atoms with Crippen LogP contribution in [0.15, 0.2) is 24.3 Å². The Bertz CT molecular complexity index is 734. The summed E-state index contributed by atoms with van der Waals surface area (Å²) in [7, 11) is 1.72. The summed E-state index contributed by atoms with van der Waals surface area (Å²) in [5.74, 6) is 2.01. The number of hydrogen-bond donors (Lipinski definition) is 1. The van der Waals surface area contributed by atoms with E-state index in [1.807, 2.05) is 6.07 Å². The topological polar surface area (TPSA) is 60.5 Å². The summed E-state index contributed by atoms with van der Waals surface area (Å²) in [6, 6.07) is 9.25. The fourth-order valence-electron chi connectivity index (χ4n) is 4.70. The predicted molar refractivity (Wildman–Crippen MR) is 104 cm³/mol. The lowest BCUT2D eigenvalue weighted by molar-refractivity contribution is -0.933. The lowest BCUT2D eigenvalue weighted by Crippen LogP contribution is -3.15. The molecule has 0 amide bonds. The molecule has 1 saturated heterocycles. The van der Waals surface area contributed by atoms with Crippen LogP contribution < -0.4 is 14.5 Å². The average molecular weight is 372 g/mol. The van der Waals surface area contributed by atoms with Crippen LogP contribution in [0.3, 0.4) is 0 Å². The number of tetrazole rings is 1. The molecule has 0 unspecified atom stereocenters. The van der Waals surface area contributed by atoms with E-state index in [1.54, 1.807) is 12.0 Å². The molecular formula is C20H31N6O+. The minimum Gasteiger partial charge on any atom is -0.497 e. The second-order valence-electron chi connectivity index (χ2n) is 7.73. The monoisotopic (exact) mass is 371 g/mol. The normalized spacial score (nSPS) is 20.1. The van der Waals surface area contributed by atoms with Gasteiger partial charge in [0.2, 0.25) is 5.82 Å². The van der Waals surface area contributed by atoms with Crippen LogP contribution in [0, 0.1) is 0 Å². The third-order valence-electron chi connectivity index (χ3n) is 6.23. The Morgan fingerprint density at radius 1 is 1.22 bits per heavy atom. The predicted octanol–water partition coefficient (Wildman–Crippen LogP) is 1.65. The summed E-state index contributed by atoms with van der Waals surface area (Å²) < 4.78 is 7.52. The lowest BCUT2D eigenvalue weighted by atomic mass is 10.1. The highest BCUT2D eigenvalue weighted by Crippen LogP contribution is 2.30. The molecule has 2 fully saturated rings. The molecular weight excluding hydrogens is 340 g/mol. The van der Waals surface area contributed by atoms with Crippen LogP contribution in [0.4, 0.5) is 5.69 Å². The molecule has 27 heavy (non-hydrogen) atoms. The van der Waals surface area contributed by atoms with Gasteiger partial charge in [0.1, 0.15) is 11.8 Å². The first-order chi connectivity index (χ1) is 13.3. The SMILES string of the molecule is CC[C@@H](c1nnnn1C1CCCC1)[NH+]1CCN(c2cccc(OC)c2)CC1. The van der Waals surface area contributed by atoms with E-state index in [0.717, 1.165) is 44.2 Å². The third-order valence-corrected chi connectivity index (χ3v) is 6.23. The fraction of sp³-hybridized carbons (Fsp3) is 0.650. The van der Waals surface area contributed by atoms with Gasteiger partial charge in [-0.05, 0) is 35.4 Å². The number of piperazine rings is 1. The Labute approximate surface area is 161 Å². The Morgan fingerprint density at radius 3 is 2.70 bits per heavy atom. The van der Waals surface area contributed by atoms with Crippen LogP contribution in [0.5, 0.6) is 5.75 Å². The summed E-state index contributed by atoms with van der Waals surface area (Å²) >= 11 is 0. The van der Waals surface area contributed by atoms with Gasteiger partial charge in [-0.25, -0.2) is 4.68 Å². The Hall–Kier alpha value is -2.15. The first-order valence-electron chi connectivity index (χ1n) is 10.3. The molecule has 146 valence electrons. The van der Waals surface area contributed by atoms with E-state index in [-0.39, 0.29) is 0 Å². The minimum absolute atomic E-state index is 0.382. The van der Waals surface area contributed by atoms with Gasteiger partial charge < -0.3 is 14.5 Å². The van der Waals surface area contributed by atoms with Crippen molar-refractivity contribution in [1.29, 1.82) is 0 Å². The first-order valence-corrected chi connectivity index (χ1v) is 10.3. The van der Waals surface area contributed by atoms with Gasteiger partial charge >= 0.3 is 0 Å². The van der Waals surface area contributed by atoms with E-state index in [1.165, 1.54) is 31.4 Å². The molecule has 1 aromatic carbocycles. The van der Waals surface area contributed by atoms with Gasteiger partial charge in [-0.1, -0.05) is 25.8 Å². The second kappa shape index (κ2) is 8.25. The van der Waals surface area contributed by atoms with Gasteiger partial charge in [-0.2, -0.15) is 0 Å². The Balaban J connectivity index is 1.44. The van der Waals surface area contributed by atoms with Crippen LogP contribution >= 0.6 is 0 Å². The Kier molecular flexibility index (Phi) is 5.57. The summed E-state index contributed by atoms with van der Waals surface area (Å²) in [6.45, 7) is 6.56. The van der Waals surface area contributed by atoms with Gasteiger partial charge in [0.15, 0.2) is 0 Å². The van der Waals surface area contributed by atoms with Crippen molar-refractivity contribution in [3.8, 4) is 5.75 Å². The van der Waals surface area contributed by atoms with Crippen molar-refractivity contribution in [2.75, 3.05) is 38.2 Å². The summed E-state index contributed by atoms with van der Waals surface area (Å²) in [6.07, 6.45) is 6.10. The zero-order valence-corrected chi connectivity index (χ0v) is 16.5. The van der Waals surface area contributed by atoms with Crippen LogP contribution in [0.2, 0.25) is 0 Å². The fourth-order valence-corrected chi connectivity index (χ4v) is 4.70. The summed E-state index contributed by atoms with van der Waals surface area (Å²) in [5, 5.41) is 12.9. The van der Waals surface area contributed by atoms with E-state index < -0.39 is 0 Å².